The van der Waals surface area contributed by atoms with E-state index in [0.29, 0.717) is 6.42 Å². The monoisotopic (exact) mass is 612 g/mol. The van der Waals surface area contributed by atoms with Gasteiger partial charge in [0.25, 0.3) is 11.8 Å². The van der Waals surface area contributed by atoms with Gasteiger partial charge in [-0.3, -0.25) is 43.4 Å². The van der Waals surface area contributed by atoms with Crippen LogP contribution in [-0.2, 0) is 43.0 Å². The van der Waals surface area contributed by atoms with Gasteiger partial charge in [0, 0.05) is 37.5 Å². The summed E-state index contributed by atoms with van der Waals surface area (Å²) < 4.78 is 11.1. The Labute approximate surface area is 251 Å². The highest BCUT2D eigenvalue weighted by atomic mass is 32.2. The van der Waals surface area contributed by atoms with Gasteiger partial charge in [-0.1, -0.05) is 20.8 Å². The minimum Gasteiger partial charge on any atom is -0.366 e. The summed E-state index contributed by atoms with van der Waals surface area (Å²) in [6, 6.07) is -0.477. The lowest BCUT2D eigenvalue weighted by Gasteiger charge is -2.21. The van der Waals surface area contributed by atoms with Crippen LogP contribution in [0, 0.1) is 5.92 Å². The van der Waals surface area contributed by atoms with E-state index in [1.54, 1.807) is 34.6 Å². The summed E-state index contributed by atoms with van der Waals surface area (Å²) in [5.74, 6) is -2.51. The third kappa shape index (κ3) is 9.87. The van der Waals surface area contributed by atoms with Crippen molar-refractivity contribution in [2.45, 2.75) is 96.8 Å². The molecule has 6 amide bonds. The molecule has 0 radical (unpaired) electrons. The van der Waals surface area contributed by atoms with Crippen LogP contribution in [0.15, 0.2) is 0 Å². The lowest BCUT2D eigenvalue weighted by molar-refractivity contribution is -0.145. The molecule has 2 N–H and O–H groups in total. The maximum absolute atomic E-state index is 12.9. The molecule has 0 aromatic carbocycles. The van der Waals surface area contributed by atoms with E-state index in [4.69, 9.17) is 9.47 Å². The Morgan fingerprint density at radius 1 is 0.857 bits per heavy atom. The summed E-state index contributed by atoms with van der Waals surface area (Å²) in [5.41, 5.74) is 0. The largest absolute Gasteiger partial charge is 0.366 e. The highest BCUT2D eigenvalue weighted by molar-refractivity contribution is 8.01. The number of nitrogens with zero attached hydrogens (tertiary/aromatic N) is 2. The molecule has 14 heteroatoms. The lowest BCUT2D eigenvalue weighted by Crippen LogP contribution is -2.41. The average molecular weight is 613 g/mol. The van der Waals surface area contributed by atoms with Crippen LogP contribution in [0.25, 0.3) is 0 Å². The number of ether oxygens (including phenoxy) is 2. The Bertz CT molecular complexity index is 1030. The number of nitrogens with one attached hydrogen (secondary N) is 2. The van der Waals surface area contributed by atoms with Gasteiger partial charge in [0.05, 0.1) is 37.1 Å². The molecule has 2 aliphatic rings. The van der Waals surface area contributed by atoms with Crippen LogP contribution in [0.5, 0.6) is 0 Å². The molecule has 0 aliphatic carbocycles. The molecule has 236 valence electrons. The zero-order valence-electron chi connectivity index (χ0n) is 25.3. The Balaban J connectivity index is 1.81. The van der Waals surface area contributed by atoms with Crippen molar-refractivity contribution in [3.63, 3.8) is 0 Å². The molecule has 2 fully saturated rings. The standard InChI is InChI=1S/C28H44N4O9S/c1-7-18(6)32-25(36)13-21(28(32)39)41-11-9-30-26(37)22(42-15-19(33)16(2)3)14-23(34)29-8-10-40-20-12-24(35)31(17(4)5)27(20)38/h16-18,20-22H,7-15H2,1-6H3,(H,29,34)(H,30,37). The molecule has 0 bridgehead atoms. The Kier molecular flexibility index (Phi) is 14.1. The zero-order valence-corrected chi connectivity index (χ0v) is 26.1. The van der Waals surface area contributed by atoms with Crippen LogP contribution in [-0.4, -0.2) is 113 Å². The third-order valence-corrected chi connectivity index (χ3v) is 8.26. The highest BCUT2D eigenvalue weighted by Gasteiger charge is 2.42. The Morgan fingerprint density at radius 2 is 1.38 bits per heavy atom. The molecule has 2 heterocycles. The average Bonchev–Trinajstić information content (AvgIpc) is 3.38. The normalized spacial score (nSPS) is 20.6. The molecule has 2 saturated heterocycles. The van der Waals surface area contributed by atoms with Crippen LogP contribution in [0.2, 0.25) is 0 Å². The van der Waals surface area contributed by atoms with Crippen molar-refractivity contribution in [3.05, 3.63) is 0 Å². The molecule has 42 heavy (non-hydrogen) atoms. The first-order chi connectivity index (χ1) is 19.8. The van der Waals surface area contributed by atoms with Gasteiger partial charge in [0.1, 0.15) is 18.0 Å². The number of ketones is 1. The molecule has 4 unspecified atom stereocenters. The van der Waals surface area contributed by atoms with Gasteiger partial charge >= 0.3 is 0 Å². The second-order valence-corrected chi connectivity index (χ2v) is 12.1. The number of thioether (sulfide) groups is 1. The highest BCUT2D eigenvalue weighted by Crippen LogP contribution is 2.21. The van der Waals surface area contributed by atoms with Gasteiger partial charge in [0.15, 0.2) is 0 Å². The predicted molar refractivity (Wildman–Crippen MR) is 154 cm³/mol. The minimum absolute atomic E-state index is 0.00535. The number of carbonyl (C=O) groups excluding carboxylic acids is 7. The van der Waals surface area contributed by atoms with Gasteiger partial charge in [-0.05, 0) is 27.2 Å². The summed E-state index contributed by atoms with van der Waals surface area (Å²) in [4.78, 5) is 89.1. The summed E-state index contributed by atoms with van der Waals surface area (Å²) in [7, 11) is 0. The second kappa shape index (κ2) is 16.7. The van der Waals surface area contributed by atoms with E-state index in [1.807, 2.05) is 6.92 Å². The van der Waals surface area contributed by atoms with Gasteiger partial charge in [-0.25, -0.2) is 0 Å². The van der Waals surface area contributed by atoms with Crippen molar-refractivity contribution in [2.24, 2.45) is 5.92 Å². The molecular weight excluding hydrogens is 568 g/mol. The topological polar surface area (TPSA) is 168 Å². The van der Waals surface area contributed by atoms with E-state index < -0.39 is 35.2 Å². The number of imide groups is 2. The van der Waals surface area contributed by atoms with Crippen LogP contribution >= 0.6 is 11.8 Å². The maximum Gasteiger partial charge on any atom is 0.259 e. The van der Waals surface area contributed by atoms with Crippen molar-refractivity contribution in [3.8, 4) is 0 Å². The van der Waals surface area contributed by atoms with E-state index in [0.717, 1.165) is 11.8 Å². The van der Waals surface area contributed by atoms with Crippen molar-refractivity contribution in [1.82, 2.24) is 20.4 Å². The first kappa shape index (κ1) is 35.4. The number of hydrogen-bond donors (Lipinski definition) is 2. The maximum atomic E-state index is 12.9. The smallest absolute Gasteiger partial charge is 0.259 e. The Hall–Kier alpha value is -2.84. The predicted octanol–water partition coefficient (Wildman–Crippen LogP) is 0.431. The van der Waals surface area contributed by atoms with Crippen molar-refractivity contribution in [1.29, 1.82) is 0 Å². The molecule has 2 aliphatic heterocycles. The first-order valence-electron chi connectivity index (χ1n) is 14.4. The van der Waals surface area contributed by atoms with Gasteiger partial charge in [-0.2, -0.15) is 0 Å². The van der Waals surface area contributed by atoms with E-state index in [9.17, 15) is 33.6 Å². The number of likely N-dealkylation sites (tertiary alicyclic amines) is 2. The fraction of sp³-hybridized carbons (Fsp3) is 0.750. The molecular formula is C28H44N4O9S. The van der Waals surface area contributed by atoms with Crippen molar-refractivity contribution < 1.29 is 43.0 Å². The molecule has 0 saturated carbocycles. The Morgan fingerprint density at radius 3 is 1.88 bits per heavy atom. The number of amides is 6. The van der Waals surface area contributed by atoms with Crippen molar-refractivity contribution >= 4 is 53.0 Å². The van der Waals surface area contributed by atoms with E-state index in [-0.39, 0.29) is 92.8 Å². The third-order valence-electron chi connectivity index (χ3n) is 7.03. The summed E-state index contributed by atoms with van der Waals surface area (Å²) in [5, 5.41) is 4.46. The molecule has 0 aromatic heterocycles. The van der Waals surface area contributed by atoms with Crippen LogP contribution in [0.1, 0.15) is 67.2 Å². The fourth-order valence-electron chi connectivity index (χ4n) is 4.39. The molecule has 0 spiro atoms. The molecule has 0 aromatic rings. The lowest BCUT2D eigenvalue weighted by atomic mass is 10.1. The summed E-state index contributed by atoms with van der Waals surface area (Å²) >= 11 is 1.06. The fourth-order valence-corrected chi connectivity index (χ4v) is 5.59. The molecule has 2 rings (SSSR count). The van der Waals surface area contributed by atoms with Crippen molar-refractivity contribution in [2.75, 3.05) is 32.1 Å². The van der Waals surface area contributed by atoms with E-state index in [2.05, 4.69) is 10.6 Å². The zero-order chi connectivity index (χ0) is 31.6. The first-order valence-corrected chi connectivity index (χ1v) is 15.5. The van der Waals surface area contributed by atoms with Gasteiger partial charge in [0.2, 0.25) is 23.6 Å². The van der Waals surface area contributed by atoms with Gasteiger partial charge in [-0.15, -0.1) is 11.8 Å². The minimum atomic E-state index is -0.892. The second-order valence-electron chi connectivity index (χ2n) is 10.9. The number of carbonyl (C=O) groups is 7. The summed E-state index contributed by atoms with van der Waals surface area (Å²) in [6.07, 6.45) is -1.43. The number of hydrogen-bond acceptors (Lipinski definition) is 10. The van der Waals surface area contributed by atoms with E-state index >= 15 is 0 Å². The quantitative estimate of drug-likeness (QED) is 0.164. The van der Waals surface area contributed by atoms with Crippen LogP contribution in [0.4, 0.5) is 0 Å². The van der Waals surface area contributed by atoms with Gasteiger partial charge < -0.3 is 20.1 Å². The van der Waals surface area contributed by atoms with E-state index in [1.165, 1.54) is 9.80 Å². The number of Topliss-reactive ketones (excluding diaryl/α,β-unsaturated/α-hetero) is 1. The summed E-state index contributed by atoms with van der Waals surface area (Å²) in [6.45, 7) is 10.8. The van der Waals surface area contributed by atoms with Crippen LogP contribution < -0.4 is 10.6 Å². The molecule has 4 atom stereocenters. The SMILES string of the molecule is CCC(C)N1C(=O)CC(OCCNC(=O)C(CC(=O)NCCOC2CC(=O)N(C(C)C)C2=O)SCC(=O)C(C)C)C1=O. The molecule has 13 nitrogen and oxygen atoms in total. The van der Waals surface area contributed by atoms with Crippen LogP contribution in [0.3, 0.4) is 0 Å². The number of rotatable bonds is 18.